The van der Waals surface area contributed by atoms with Crippen LogP contribution in [0.25, 0.3) is 0 Å². The lowest BCUT2D eigenvalue weighted by Gasteiger charge is -2.12. The smallest absolute Gasteiger partial charge is 0.150 e. The van der Waals surface area contributed by atoms with E-state index in [1.807, 2.05) is 31.2 Å². The number of halogens is 1. The van der Waals surface area contributed by atoms with E-state index in [1.165, 1.54) is 0 Å². The van der Waals surface area contributed by atoms with Gasteiger partial charge in [-0.05, 0) is 49.7 Å². The van der Waals surface area contributed by atoms with Gasteiger partial charge in [-0.3, -0.25) is 4.98 Å². The fourth-order valence-electron chi connectivity index (χ4n) is 1.85. The average Bonchev–Trinajstić information content (AvgIpc) is 2.45. The number of ether oxygens (including phenoxy) is 1. The zero-order valence-corrected chi connectivity index (χ0v) is 12.6. The molecule has 0 saturated heterocycles. The first-order chi connectivity index (χ1) is 9.70. The standard InChI is InChI=1S/C16H19ClN2O/c1-3-7-18-10-13-6-8-19-11-16(13)20-14-4-5-15(17)12(2)9-14/h4-6,8-9,11,18H,3,7,10H2,1-2H3. The summed E-state index contributed by atoms with van der Waals surface area (Å²) in [6, 6.07) is 7.61. The molecule has 0 saturated carbocycles. The molecule has 4 heteroatoms. The molecular formula is C16H19ClN2O. The zero-order chi connectivity index (χ0) is 14.4. The molecule has 0 aliphatic rings. The van der Waals surface area contributed by atoms with Crippen molar-refractivity contribution in [2.45, 2.75) is 26.8 Å². The Balaban J connectivity index is 2.13. The maximum Gasteiger partial charge on any atom is 0.150 e. The normalized spacial score (nSPS) is 10.6. The van der Waals surface area contributed by atoms with Gasteiger partial charge in [-0.2, -0.15) is 0 Å². The van der Waals surface area contributed by atoms with Crippen LogP contribution in [0.1, 0.15) is 24.5 Å². The first kappa shape index (κ1) is 14.8. The molecule has 2 aromatic rings. The van der Waals surface area contributed by atoms with Crippen LogP contribution in [0.4, 0.5) is 0 Å². The Bertz CT molecular complexity index is 572. The van der Waals surface area contributed by atoms with E-state index in [2.05, 4.69) is 17.2 Å². The SMILES string of the molecule is CCCNCc1ccncc1Oc1ccc(Cl)c(C)c1. The maximum absolute atomic E-state index is 6.02. The van der Waals surface area contributed by atoms with Gasteiger partial charge >= 0.3 is 0 Å². The van der Waals surface area contributed by atoms with Crippen molar-refractivity contribution in [1.29, 1.82) is 0 Å². The number of nitrogens with zero attached hydrogens (tertiary/aromatic N) is 1. The lowest BCUT2D eigenvalue weighted by Crippen LogP contribution is -2.14. The van der Waals surface area contributed by atoms with E-state index in [0.29, 0.717) is 0 Å². The maximum atomic E-state index is 6.02. The van der Waals surface area contributed by atoms with Gasteiger partial charge in [0.25, 0.3) is 0 Å². The highest BCUT2D eigenvalue weighted by Gasteiger charge is 2.06. The molecule has 0 unspecified atom stereocenters. The van der Waals surface area contributed by atoms with Gasteiger partial charge in [0.2, 0.25) is 0 Å². The van der Waals surface area contributed by atoms with E-state index in [1.54, 1.807) is 12.4 Å². The van der Waals surface area contributed by atoms with Gasteiger partial charge < -0.3 is 10.1 Å². The van der Waals surface area contributed by atoms with Crippen molar-refractivity contribution in [3.63, 3.8) is 0 Å². The molecule has 1 aromatic heterocycles. The Kier molecular flexibility index (Phi) is 5.39. The molecule has 0 amide bonds. The van der Waals surface area contributed by atoms with Crippen LogP contribution in [0.5, 0.6) is 11.5 Å². The van der Waals surface area contributed by atoms with Gasteiger partial charge in [-0.1, -0.05) is 18.5 Å². The van der Waals surface area contributed by atoms with Crippen LogP contribution in [-0.2, 0) is 6.54 Å². The van der Waals surface area contributed by atoms with Crippen molar-refractivity contribution in [2.24, 2.45) is 0 Å². The van der Waals surface area contributed by atoms with Crippen LogP contribution in [0.2, 0.25) is 5.02 Å². The van der Waals surface area contributed by atoms with Gasteiger partial charge in [0.15, 0.2) is 0 Å². The number of benzene rings is 1. The van der Waals surface area contributed by atoms with Crippen LogP contribution in [0.15, 0.2) is 36.7 Å². The molecule has 0 aliphatic carbocycles. The quantitative estimate of drug-likeness (QED) is 0.804. The highest BCUT2D eigenvalue weighted by molar-refractivity contribution is 6.31. The van der Waals surface area contributed by atoms with Gasteiger partial charge in [0.1, 0.15) is 11.5 Å². The first-order valence-corrected chi connectivity index (χ1v) is 7.16. The highest BCUT2D eigenvalue weighted by Crippen LogP contribution is 2.27. The number of pyridine rings is 1. The summed E-state index contributed by atoms with van der Waals surface area (Å²) in [6.45, 7) is 5.87. The van der Waals surface area contributed by atoms with Gasteiger partial charge in [-0.15, -0.1) is 0 Å². The average molecular weight is 291 g/mol. The lowest BCUT2D eigenvalue weighted by atomic mass is 10.2. The van der Waals surface area contributed by atoms with Crippen molar-refractivity contribution in [2.75, 3.05) is 6.54 Å². The fraction of sp³-hybridized carbons (Fsp3) is 0.312. The predicted molar refractivity (Wildman–Crippen MR) is 82.5 cm³/mol. The zero-order valence-electron chi connectivity index (χ0n) is 11.8. The third-order valence-electron chi connectivity index (χ3n) is 2.97. The number of rotatable bonds is 6. The van der Waals surface area contributed by atoms with Gasteiger partial charge in [0, 0.05) is 23.3 Å². The van der Waals surface area contributed by atoms with Crippen molar-refractivity contribution in [1.82, 2.24) is 10.3 Å². The molecular weight excluding hydrogens is 272 g/mol. The molecule has 20 heavy (non-hydrogen) atoms. The van der Waals surface area contributed by atoms with E-state index >= 15 is 0 Å². The summed E-state index contributed by atoms with van der Waals surface area (Å²) in [6.07, 6.45) is 4.63. The monoisotopic (exact) mass is 290 g/mol. The minimum Gasteiger partial charge on any atom is -0.455 e. The largest absolute Gasteiger partial charge is 0.455 e. The number of hydrogen-bond donors (Lipinski definition) is 1. The predicted octanol–water partition coefficient (Wildman–Crippen LogP) is 4.34. The van der Waals surface area contributed by atoms with E-state index in [9.17, 15) is 0 Å². The Morgan fingerprint density at radius 1 is 1.30 bits per heavy atom. The van der Waals surface area contributed by atoms with Crippen molar-refractivity contribution in [3.05, 3.63) is 52.8 Å². The number of aromatic nitrogens is 1. The molecule has 0 atom stereocenters. The Morgan fingerprint density at radius 3 is 2.90 bits per heavy atom. The minimum atomic E-state index is 0.744. The lowest BCUT2D eigenvalue weighted by molar-refractivity contribution is 0.470. The Morgan fingerprint density at radius 2 is 2.15 bits per heavy atom. The summed E-state index contributed by atoms with van der Waals surface area (Å²) >= 11 is 6.02. The minimum absolute atomic E-state index is 0.744. The van der Waals surface area contributed by atoms with E-state index in [0.717, 1.165) is 47.2 Å². The Labute approximate surface area is 124 Å². The van der Waals surface area contributed by atoms with E-state index < -0.39 is 0 Å². The Hall–Kier alpha value is -1.58. The molecule has 2 rings (SSSR count). The third kappa shape index (κ3) is 3.95. The van der Waals surface area contributed by atoms with Crippen LogP contribution in [0, 0.1) is 6.92 Å². The molecule has 0 fully saturated rings. The highest BCUT2D eigenvalue weighted by atomic mass is 35.5. The molecule has 1 heterocycles. The van der Waals surface area contributed by atoms with Crippen molar-refractivity contribution < 1.29 is 4.74 Å². The molecule has 0 aliphatic heterocycles. The summed E-state index contributed by atoms with van der Waals surface area (Å²) in [4.78, 5) is 4.13. The van der Waals surface area contributed by atoms with Gasteiger partial charge in [0.05, 0.1) is 6.20 Å². The fourth-order valence-corrected chi connectivity index (χ4v) is 1.97. The van der Waals surface area contributed by atoms with E-state index in [-0.39, 0.29) is 0 Å². The van der Waals surface area contributed by atoms with E-state index in [4.69, 9.17) is 16.3 Å². The van der Waals surface area contributed by atoms with Crippen LogP contribution in [0.3, 0.4) is 0 Å². The van der Waals surface area contributed by atoms with Gasteiger partial charge in [-0.25, -0.2) is 0 Å². The molecule has 1 N–H and O–H groups in total. The number of aryl methyl sites for hydroxylation is 1. The van der Waals surface area contributed by atoms with Crippen molar-refractivity contribution >= 4 is 11.6 Å². The molecule has 0 spiro atoms. The molecule has 3 nitrogen and oxygen atoms in total. The third-order valence-corrected chi connectivity index (χ3v) is 3.39. The first-order valence-electron chi connectivity index (χ1n) is 6.78. The summed E-state index contributed by atoms with van der Waals surface area (Å²) in [5, 5.41) is 4.11. The number of hydrogen-bond acceptors (Lipinski definition) is 3. The second-order valence-corrected chi connectivity index (χ2v) is 5.08. The van der Waals surface area contributed by atoms with Crippen LogP contribution in [-0.4, -0.2) is 11.5 Å². The van der Waals surface area contributed by atoms with Crippen LogP contribution < -0.4 is 10.1 Å². The molecule has 106 valence electrons. The summed E-state index contributed by atoms with van der Waals surface area (Å²) in [7, 11) is 0. The molecule has 0 bridgehead atoms. The van der Waals surface area contributed by atoms with Crippen LogP contribution >= 0.6 is 11.6 Å². The van der Waals surface area contributed by atoms with Crippen molar-refractivity contribution in [3.8, 4) is 11.5 Å². The molecule has 1 aromatic carbocycles. The molecule has 0 radical (unpaired) electrons. The number of nitrogens with one attached hydrogen (secondary N) is 1. The second kappa shape index (κ2) is 7.27. The summed E-state index contributed by atoms with van der Waals surface area (Å²) < 4.78 is 5.91. The second-order valence-electron chi connectivity index (χ2n) is 4.67. The topological polar surface area (TPSA) is 34.2 Å². The summed E-state index contributed by atoms with van der Waals surface area (Å²) in [5.74, 6) is 1.55. The summed E-state index contributed by atoms with van der Waals surface area (Å²) in [5.41, 5.74) is 2.10.